The molecule has 0 unspecified atom stereocenters. The molecule has 6 heteroatoms. The Morgan fingerprint density at radius 2 is 1.67 bits per heavy atom. The minimum absolute atomic E-state index is 0.355. The van der Waals surface area contributed by atoms with Crippen LogP contribution >= 0.6 is 11.8 Å². The molecular weight excluding hydrogens is 361 g/mol. The number of benzene rings is 3. The van der Waals surface area contributed by atoms with E-state index in [0.717, 1.165) is 21.8 Å². The summed E-state index contributed by atoms with van der Waals surface area (Å²) in [6, 6.07) is 19.5. The molecule has 0 aliphatic carbocycles. The first kappa shape index (κ1) is 17.3. The summed E-state index contributed by atoms with van der Waals surface area (Å²) in [4.78, 5) is 14.4. The smallest absolute Gasteiger partial charge is 0.271 e. The third-order valence-electron chi connectivity index (χ3n) is 4.21. The molecule has 1 aliphatic heterocycles. The fourth-order valence-corrected chi connectivity index (χ4v) is 3.70. The molecular formula is C21H16FN3OS. The Bertz CT molecular complexity index is 1050. The normalized spacial score (nSPS) is 12.6. The molecule has 0 aromatic heterocycles. The van der Waals surface area contributed by atoms with Crippen LogP contribution in [0.3, 0.4) is 0 Å². The molecule has 0 fully saturated rings. The maximum absolute atomic E-state index is 12.9. The van der Waals surface area contributed by atoms with Gasteiger partial charge < -0.3 is 5.32 Å². The summed E-state index contributed by atoms with van der Waals surface area (Å²) >= 11 is 1.72. The van der Waals surface area contributed by atoms with E-state index < -0.39 is 0 Å². The van der Waals surface area contributed by atoms with Gasteiger partial charge in [0.15, 0.2) is 0 Å². The fraction of sp³-hybridized carbons (Fsp3) is 0.0476. The van der Waals surface area contributed by atoms with Gasteiger partial charge in [0.1, 0.15) is 5.82 Å². The predicted molar refractivity (Wildman–Crippen MR) is 106 cm³/mol. The maximum atomic E-state index is 12.9. The molecule has 1 amide bonds. The van der Waals surface area contributed by atoms with Crippen molar-refractivity contribution in [2.75, 3.05) is 5.32 Å². The van der Waals surface area contributed by atoms with E-state index in [9.17, 15) is 9.18 Å². The zero-order chi connectivity index (χ0) is 18.8. The topological polar surface area (TPSA) is 53.5 Å². The van der Waals surface area contributed by atoms with Gasteiger partial charge in [-0.25, -0.2) is 9.82 Å². The summed E-state index contributed by atoms with van der Waals surface area (Å²) in [7, 11) is 0. The Hall–Kier alpha value is -3.12. The van der Waals surface area contributed by atoms with Crippen LogP contribution < -0.4 is 10.7 Å². The monoisotopic (exact) mass is 377 g/mol. The van der Waals surface area contributed by atoms with Gasteiger partial charge in [-0.1, -0.05) is 30.0 Å². The number of carbonyl (C=O) groups is 1. The largest absolute Gasteiger partial charge is 0.354 e. The van der Waals surface area contributed by atoms with Crippen molar-refractivity contribution in [2.24, 2.45) is 5.10 Å². The Labute approximate surface area is 160 Å². The highest BCUT2D eigenvalue weighted by molar-refractivity contribution is 7.99. The number of halogens is 1. The van der Waals surface area contributed by atoms with Gasteiger partial charge in [0, 0.05) is 15.4 Å². The van der Waals surface area contributed by atoms with Crippen LogP contribution in [-0.4, -0.2) is 11.6 Å². The van der Waals surface area contributed by atoms with E-state index in [1.54, 1.807) is 11.8 Å². The predicted octanol–water partition coefficient (Wildman–Crippen LogP) is 5.19. The van der Waals surface area contributed by atoms with E-state index in [0.29, 0.717) is 11.3 Å². The second-order valence-electron chi connectivity index (χ2n) is 6.08. The lowest BCUT2D eigenvalue weighted by molar-refractivity contribution is 0.0955. The number of hydrazone groups is 1. The molecule has 4 rings (SSSR count). The molecule has 3 aromatic carbocycles. The van der Waals surface area contributed by atoms with Crippen LogP contribution in [-0.2, 0) is 0 Å². The van der Waals surface area contributed by atoms with Gasteiger partial charge in [-0.3, -0.25) is 4.79 Å². The summed E-state index contributed by atoms with van der Waals surface area (Å²) in [5.74, 6) is -0.762. The molecule has 0 saturated heterocycles. The first-order chi connectivity index (χ1) is 13.1. The summed E-state index contributed by atoms with van der Waals surface area (Å²) in [6.45, 7) is 1.83. The lowest BCUT2D eigenvalue weighted by Crippen LogP contribution is -2.19. The first-order valence-corrected chi connectivity index (χ1v) is 9.20. The molecule has 27 heavy (non-hydrogen) atoms. The molecule has 0 atom stereocenters. The Morgan fingerprint density at radius 1 is 0.963 bits per heavy atom. The van der Waals surface area contributed by atoms with Crippen LogP contribution in [0, 0.1) is 5.82 Å². The van der Waals surface area contributed by atoms with Gasteiger partial charge in [0.05, 0.1) is 17.1 Å². The zero-order valence-electron chi connectivity index (χ0n) is 14.5. The van der Waals surface area contributed by atoms with Gasteiger partial charge in [-0.15, -0.1) is 0 Å². The van der Waals surface area contributed by atoms with Crippen molar-refractivity contribution in [1.29, 1.82) is 0 Å². The van der Waals surface area contributed by atoms with Gasteiger partial charge in [0.2, 0.25) is 0 Å². The van der Waals surface area contributed by atoms with Crippen LogP contribution in [0.1, 0.15) is 22.8 Å². The average molecular weight is 377 g/mol. The summed E-state index contributed by atoms with van der Waals surface area (Å²) < 4.78 is 12.9. The maximum Gasteiger partial charge on any atom is 0.271 e. The molecule has 0 spiro atoms. The summed E-state index contributed by atoms with van der Waals surface area (Å²) in [5, 5.41) is 7.61. The van der Waals surface area contributed by atoms with E-state index in [-0.39, 0.29) is 11.7 Å². The standard InChI is InChI=1S/C21H16FN3OS/c1-13(24-25-21(26)14-6-9-16(22)10-7-14)15-8-11-20-18(12-15)23-17-4-2-3-5-19(17)27-20/h2-12,23H,1H3,(H,25,26)/b24-13+. The van der Waals surface area contributed by atoms with Crippen LogP contribution in [0.4, 0.5) is 15.8 Å². The Morgan fingerprint density at radius 3 is 2.48 bits per heavy atom. The summed E-state index contributed by atoms with van der Waals surface area (Å²) in [5.41, 5.74) is 6.54. The fourth-order valence-electron chi connectivity index (χ4n) is 2.73. The number of anilines is 2. The molecule has 0 bridgehead atoms. The number of rotatable bonds is 3. The van der Waals surface area contributed by atoms with Crippen LogP contribution in [0.5, 0.6) is 0 Å². The van der Waals surface area contributed by atoms with E-state index in [2.05, 4.69) is 21.9 Å². The van der Waals surface area contributed by atoms with Crippen molar-refractivity contribution in [2.45, 2.75) is 16.7 Å². The van der Waals surface area contributed by atoms with Crippen molar-refractivity contribution in [3.05, 3.63) is 83.7 Å². The van der Waals surface area contributed by atoms with Gasteiger partial charge in [-0.05, 0) is 61.0 Å². The minimum Gasteiger partial charge on any atom is -0.354 e. The molecule has 0 saturated carbocycles. The minimum atomic E-state index is -0.382. The van der Waals surface area contributed by atoms with Gasteiger partial charge in [0.25, 0.3) is 5.91 Å². The lowest BCUT2D eigenvalue weighted by atomic mass is 10.1. The number of amides is 1. The zero-order valence-corrected chi connectivity index (χ0v) is 15.3. The molecule has 3 aromatic rings. The van der Waals surface area contributed by atoms with Crippen molar-refractivity contribution in [3.63, 3.8) is 0 Å². The molecule has 1 aliphatic rings. The van der Waals surface area contributed by atoms with Gasteiger partial charge >= 0.3 is 0 Å². The highest BCUT2D eigenvalue weighted by Crippen LogP contribution is 2.44. The van der Waals surface area contributed by atoms with Crippen LogP contribution in [0.2, 0.25) is 0 Å². The van der Waals surface area contributed by atoms with E-state index in [1.165, 1.54) is 29.2 Å². The number of nitrogens with one attached hydrogen (secondary N) is 2. The SMILES string of the molecule is C/C(=N\NC(=O)c1ccc(F)cc1)c1ccc2c(c1)Nc1ccccc1S2. The molecule has 134 valence electrons. The number of fused-ring (bicyclic) bond motifs is 2. The molecule has 2 N–H and O–H groups in total. The summed E-state index contributed by atoms with van der Waals surface area (Å²) in [6.07, 6.45) is 0. The van der Waals surface area contributed by atoms with E-state index >= 15 is 0 Å². The van der Waals surface area contributed by atoms with E-state index in [1.807, 2.05) is 43.3 Å². The van der Waals surface area contributed by atoms with Gasteiger partial charge in [-0.2, -0.15) is 5.10 Å². The number of para-hydroxylation sites is 1. The highest BCUT2D eigenvalue weighted by Gasteiger charge is 2.16. The highest BCUT2D eigenvalue weighted by atomic mass is 32.2. The Balaban J connectivity index is 1.51. The molecule has 1 heterocycles. The Kier molecular flexibility index (Phi) is 4.64. The number of hydrogen-bond donors (Lipinski definition) is 2. The second-order valence-corrected chi connectivity index (χ2v) is 7.16. The lowest BCUT2D eigenvalue weighted by Gasteiger charge is -2.21. The number of carbonyl (C=O) groups excluding carboxylic acids is 1. The quantitative estimate of drug-likeness (QED) is 0.382. The van der Waals surface area contributed by atoms with Crippen molar-refractivity contribution in [3.8, 4) is 0 Å². The van der Waals surface area contributed by atoms with Crippen molar-refractivity contribution in [1.82, 2.24) is 5.43 Å². The van der Waals surface area contributed by atoms with Crippen molar-refractivity contribution < 1.29 is 9.18 Å². The number of hydrogen-bond acceptors (Lipinski definition) is 4. The third kappa shape index (κ3) is 3.71. The third-order valence-corrected chi connectivity index (χ3v) is 5.36. The second kappa shape index (κ2) is 7.25. The van der Waals surface area contributed by atoms with E-state index in [4.69, 9.17) is 0 Å². The van der Waals surface area contributed by atoms with Crippen molar-refractivity contribution >= 4 is 34.8 Å². The first-order valence-electron chi connectivity index (χ1n) is 8.39. The number of nitrogens with zero attached hydrogens (tertiary/aromatic N) is 1. The van der Waals surface area contributed by atoms with Crippen LogP contribution in [0.25, 0.3) is 0 Å². The molecule has 4 nitrogen and oxygen atoms in total. The average Bonchev–Trinajstić information content (AvgIpc) is 2.70. The molecule has 0 radical (unpaired) electrons. The van der Waals surface area contributed by atoms with Crippen LogP contribution in [0.15, 0.2) is 81.6 Å².